The Balaban J connectivity index is 1.98. The number of amides is 1. The maximum atomic E-state index is 12.1. The van der Waals surface area contributed by atoms with Gasteiger partial charge in [-0.2, -0.15) is 5.10 Å². The predicted molar refractivity (Wildman–Crippen MR) is 115 cm³/mol. The van der Waals surface area contributed by atoms with E-state index in [1.54, 1.807) is 14.2 Å². The van der Waals surface area contributed by atoms with E-state index in [4.69, 9.17) is 14.2 Å². The van der Waals surface area contributed by atoms with Gasteiger partial charge in [0.05, 0.1) is 19.9 Å². The summed E-state index contributed by atoms with van der Waals surface area (Å²) in [4.78, 5) is 12.1. The second-order valence-corrected chi connectivity index (χ2v) is 7.58. The molecule has 6 nitrogen and oxygen atoms in total. The van der Waals surface area contributed by atoms with E-state index in [2.05, 4.69) is 31.3 Å². The molecule has 1 N–H and O–H groups in total. The first-order valence-corrected chi connectivity index (χ1v) is 9.59. The Bertz CT molecular complexity index is 852. The van der Waals surface area contributed by atoms with Gasteiger partial charge in [0.25, 0.3) is 5.91 Å². The second-order valence-electron chi connectivity index (χ2n) is 7.58. The summed E-state index contributed by atoms with van der Waals surface area (Å²) >= 11 is 0. The molecule has 156 valence electrons. The highest BCUT2D eigenvalue weighted by Crippen LogP contribution is 2.28. The third-order valence-corrected chi connectivity index (χ3v) is 4.46. The number of nitrogens with zero attached hydrogens (tertiary/aromatic N) is 1. The first kappa shape index (κ1) is 22.3. The first-order valence-electron chi connectivity index (χ1n) is 9.59. The smallest absolute Gasteiger partial charge is 0.277 e. The molecule has 29 heavy (non-hydrogen) atoms. The molecular formula is C23H30N2O4. The van der Waals surface area contributed by atoms with Crippen molar-refractivity contribution in [1.29, 1.82) is 0 Å². The largest absolute Gasteiger partial charge is 0.493 e. The molecule has 0 aliphatic heterocycles. The molecule has 0 spiro atoms. The molecule has 2 rings (SSSR count). The summed E-state index contributed by atoms with van der Waals surface area (Å²) in [6, 6.07) is 13.3. The fourth-order valence-corrected chi connectivity index (χ4v) is 2.73. The van der Waals surface area contributed by atoms with Crippen LogP contribution in [0.1, 0.15) is 45.2 Å². The standard InChI is InChI=1S/C23H30N2O4/c1-7-19(16-8-13-20(27-5)21(14-16)28-6)24-25-22(26)15-29-18-11-9-17(10-12-18)23(2,3)4/h8-14H,7,15H2,1-6H3,(H,25,26). The molecule has 0 aliphatic carbocycles. The lowest BCUT2D eigenvalue weighted by molar-refractivity contribution is -0.123. The van der Waals surface area contributed by atoms with Gasteiger partial charge in [-0.3, -0.25) is 4.79 Å². The van der Waals surface area contributed by atoms with Crippen molar-refractivity contribution in [2.75, 3.05) is 20.8 Å². The van der Waals surface area contributed by atoms with Gasteiger partial charge >= 0.3 is 0 Å². The van der Waals surface area contributed by atoms with Crippen LogP contribution < -0.4 is 19.6 Å². The molecule has 6 heteroatoms. The predicted octanol–water partition coefficient (Wildman–Crippen LogP) is 4.31. The molecule has 0 radical (unpaired) electrons. The van der Waals surface area contributed by atoms with Gasteiger partial charge in [0.2, 0.25) is 0 Å². The number of methoxy groups -OCH3 is 2. The van der Waals surface area contributed by atoms with Crippen molar-refractivity contribution in [3.05, 3.63) is 53.6 Å². The minimum Gasteiger partial charge on any atom is -0.493 e. The van der Waals surface area contributed by atoms with Crippen molar-refractivity contribution in [1.82, 2.24) is 5.43 Å². The fraction of sp³-hybridized carbons (Fsp3) is 0.391. The molecule has 2 aromatic carbocycles. The van der Waals surface area contributed by atoms with E-state index in [1.807, 2.05) is 49.4 Å². The molecule has 2 aromatic rings. The first-order chi connectivity index (χ1) is 13.8. The quantitative estimate of drug-likeness (QED) is 0.531. The molecule has 0 unspecified atom stereocenters. The number of hydrogen-bond donors (Lipinski definition) is 1. The molecule has 0 aromatic heterocycles. The van der Waals surface area contributed by atoms with Crippen molar-refractivity contribution in [3.8, 4) is 17.2 Å². The number of ether oxygens (including phenoxy) is 3. The number of rotatable bonds is 8. The van der Waals surface area contributed by atoms with Crippen molar-refractivity contribution >= 4 is 11.6 Å². The summed E-state index contributed by atoms with van der Waals surface area (Å²) in [7, 11) is 3.17. The van der Waals surface area contributed by atoms with Gasteiger partial charge in [-0.25, -0.2) is 5.43 Å². The Morgan fingerprint density at radius 2 is 1.66 bits per heavy atom. The van der Waals surface area contributed by atoms with E-state index in [9.17, 15) is 4.79 Å². The second kappa shape index (κ2) is 9.96. The molecule has 0 heterocycles. The number of carbonyl (C=O) groups is 1. The lowest BCUT2D eigenvalue weighted by atomic mass is 9.87. The Morgan fingerprint density at radius 3 is 2.21 bits per heavy atom. The lowest BCUT2D eigenvalue weighted by Gasteiger charge is -2.19. The highest BCUT2D eigenvalue weighted by atomic mass is 16.5. The van der Waals surface area contributed by atoms with E-state index in [1.165, 1.54) is 5.56 Å². The molecule has 0 atom stereocenters. The van der Waals surface area contributed by atoms with Gasteiger partial charge in [-0.15, -0.1) is 0 Å². The zero-order chi connectivity index (χ0) is 21.4. The van der Waals surface area contributed by atoms with Crippen LogP contribution >= 0.6 is 0 Å². The third-order valence-electron chi connectivity index (χ3n) is 4.46. The molecule has 0 bridgehead atoms. The van der Waals surface area contributed by atoms with E-state index >= 15 is 0 Å². The van der Waals surface area contributed by atoms with Gasteiger partial charge in [0.15, 0.2) is 18.1 Å². The SMILES string of the molecule is CCC(=NNC(=O)COc1ccc(C(C)(C)C)cc1)c1ccc(OC)c(OC)c1. The van der Waals surface area contributed by atoms with Crippen molar-refractivity contribution < 1.29 is 19.0 Å². The Morgan fingerprint density at radius 1 is 1.00 bits per heavy atom. The van der Waals surface area contributed by atoms with E-state index < -0.39 is 0 Å². The van der Waals surface area contributed by atoms with Gasteiger partial charge in [-0.1, -0.05) is 39.8 Å². The van der Waals surface area contributed by atoms with Crippen LogP contribution in [-0.2, 0) is 10.2 Å². The highest BCUT2D eigenvalue weighted by molar-refractivity contribution is 6.01. The highest BCUT2D eigenvalue weighted by Gasteiger charge is 2.13. The average Bonchev–Trinajstić information content (AvgIpc) is 2.72. The molecule has 0 saturated carbocycles. The van der Waals surface area contributed by atoms with Crippen LogP contribution in [0.2, 0.25) is 0 Å². The molecule has 0 aliphatic rings. The van der Waals surface area contributed by atoms with Gasteiger partial charge in [0.1, 0.15) is 5.75 Å². The zero-order valence-corrected chi connectivity index (χ0v) is 18.0. The van der Waals surface area contributed by atoms with Crippen LogP contribution in [0.3, 0.4) is 0 Å². The van der Waals surface area contributed by atoms with Gasteiger partial charge < -0.3 is 14.2 Å². The zero-order valence-electron chi connectivity index (χ0n) is 18.0. The Labute approximate surface area is 172 Å². The van der Waals surface area contributed by atoms with Gasteiger partial charge in [-0.05, 0) is 47.7 Å². The van der Waals surface area contributed by atoms with E-state index in [-0.39, 0.29) is 17.9 Å². The van der Waals surface area contributed by atoms with Crippen LogP contribution in [0.15, 0.2) is 47.6 Å². The minimum atomic E-state index is -0.323. The topological polar surface area (TPSA) is 69.2 Å². The summed E-state index contributed by atoms with van der Waals surface area (Å²) in [5.74, 6) is 1.57. The van der Waals surface area contributed by atoms with Crippen molar-refractivity contribution in [2.24, 2.45) is 5.10 Å². The van der Waals surface area contributed by atoms with Crippen molar-refractivity contribution in [2.45, 2.75) is 39.5 Å². The number of hydrazone groups is 1. The fourth-order valence-electron chi connectivity index (χ4n) is 2.73. The lowest BCUT2D eigenvalue weighted by Crippen LogP contribution is -2.26. The average molecular weight is 399 g/mol. The van der Waals surface area contributed by atoms with Crippen LogP contribution in [0.4, 0.5) is 0 Å². The summed E-state index contributed by atoms with van der Waals surface area (Å²) in [6.45, 7) is 8.31. The molecular weight excluding hydrogens is 368 g/mol. The van der Waals surface area contributed by atoms with E-state index in [0.29, 0.717) is 23.7 Å². The number of benzene rings is 2. The number of carbonyl (C=O) groups excluding carboxylic acids is 1. The summed E-state index contributed by atoms with van der Waals surface area (Å²) in [5, 5.41) is 4.24. The maximum absolute atomic E-state index is 12.1. The Kier molecular flexibility index (Phi) is 7.65. The molecule has 1 amide bonds. The molecule has 0 fully saturated rings. The summed E-state index contributed by atoms with van der Waals surface area (Å²) in [6.07, 6.45) is 0.644. The van der Waals surface area contributed by atoms with Gasteiger partial charge in [0, 0.05) is 5.56 Å². The number of nitrogens with one attached hydrogen (secondary N) is 1. The minimum absolute atomic E-state index is 0.0747. The van der Waals surface area contributed by atoms with E-state index in [0.717, 1.165) is 11.3 Å². The normalized spacial score (nSPS) is 11.7. The van der Waals surface area contributed by atoms with Crippen LogP contribution in [0.5, 0.6) is 17.2 Å². The number of hydrogen-bond acceptors (Lipinski definition) is 5. The van der Waals surface area contributed by atoms with Crippen LogP contribution in [0, 0.1) is 0 Å². The monoisotopic (exact) mass is 398 g/mol. The third kappa shape index (κ3) is 6.24. The van der Waals surface area contributed by atoms with Crippen molar-refractivity contribution in [3.63, 3.8) is 0 Å². The maximum Gasteiger partial charge on any atom is 0.277 e. The summed E-state index contributed by atoms with van der Waals surface area (Å²) in [5.41, 5.74) is 5.42. The van der Waals surface area contributed by atoms with Crippen LogP contribution in [0.25, 0.3) is 0 Å². The Hall–Kier alpha value is -3.02. The van der Waals surface area contributed by atoms with Crippen LogP contribution in [-0.4, -0.2) is 32.4 Å². The summed E-state index contributed by atoms with van der Waals surface area (Å²) < 4.78 is 16.1. The molecule has 0 saturated heterocycles.